The van der Waals surface area contributed by atoms with Gasteiger partial charge in [0.2, 0.25) is 0 Å². The molecule has 3 saturated heterocycles. The fraction of sp³-hybridized carbons (Fsp3) is 1.00. The predicted octanol–water partition coefficient (Wildman–Crippen LogP) is 0.976. The van der Waals surface area contributed by atoms with Crippen molar-refractivity contribution in [2.24, 2.45) is 11.8 Å². The summed E-state index contributed by atoms with van der Waals surface area (Å²) < 4.78 is 16.4. The van der Waals surface area contributed by atoms with Crippen molar-refractivity contribution in [3.63, 3.8) is 0 Å². The van der Waals surface area contributed by atoms with Gasteiger partial charge in [-0.3, -0.25) is 4.90 Å². The van der Waals surface area contributed by atoms with E-state index in [1.165, 1.54) is 38.8 Å². The molecule has 0 spiro atoms. The Labute approximate surface area is 157 Å². The highest BCUT2D eigenvalue weighted by Gasteiger charge is 2.33. The third-order valence-electron chi connectivity index (χ3n) is 6.15. The van der Waals surface area contributed by atoms with Crippen LogP contribution in [-0.2, 0) is 14.2 Å². The van der Waals surface area contributed by atoms with Gasteiger partial charge in [0.25, 0.3) is 0 Å². The Morgan fingerprint density at radius 2 is 1.23 bits per heavy atom. The minimum atomic E-state index is 0.288. The number of rotatable bonds is 13. The molecule has 6 nitrogen and oxygen atoms in total. The van der Waals surface area contributed by atoms with E-state index < -0.39 is 0 Å². The first-order valence-corrected chi connectivity index (χ1v) is 10.7. The van der Waals surface area contributed by atoms with E-state index in [9.17, 15) is 5.11 Å². The number of ether oxygens (including phenoxy) is 3. The summed E-state index contributed by atoms with van der Waals surface area (Å²) >= 11 is 0. The van der Waals surface area contributed by atoms with Crippen LogP contribution >= 0.6 is 0 Å². The van der Waals surface area contributed by atoms with Crippen LogP contribution in [0.4, 0.5) is 0 Å². The van der Waals surface area contributed by atoms with E-state index in [-0.39, 0.29) is 6.61 Å². The van der Waals surface area contributed by atoms with Crippen molar-refractivity contribution in [1.29, 1.82) is 0 Å². The standard InChI is InChI=1S/C20H36N2O4/c23-6-2-5-21(10-18-13-24-18)8-16-3-1-4-17(7-16)9-22(11-19-14-25-19)12-20-15-26-20/h16-20,23H,1-15H2. The maximum Gasteiger partial charge on any atom is 0.0936 e. The average Bonchev–Trinajstić information content (AvgIpc) is 3.45. The molecule has 0 aromatic rings. The topological polar surface area (TPSA) is 64.3 Å². The molecule has 0 amide bonds. The quantitative estimate of drug-likeness (QED) is 0.489. The van der Waals surface area contributed by atoms with Gasteiger partial charge in [-0.2, -0.15) is 0 Å². The fourth-order valence-electron chi connectivity index (χ4n) is 4.62. The summed E-state index contributed by atoms with van der Waals surface area (Å²) in [5, 5.41) is 9.18. The highest BCUT2D eigenvalue weighted by atomic mass is 16.6. The van der Waals surface area contributed by atoms with Crippen LogP contribution in [0.2, 0.25) is 0 Å². The van der Waals surface area contributed by atoms with E-state index in [4.69, 9.17) is 14.2 Å². The van der Waals surface area contributed by atoms with Crippen LogP contribution in [0.5, 0.6) is 0 Å². The molecule has 1 saturated carbocycles. The van der Waals surface area contributed by atoms with Crippen molar-refractivity contribution in [2.75, 3.05) is 65.7 Å². The summed E-state index contributed by atoms with van der Waals surface area (Å²) in [5.74, 6) is 1.60. The average molecular weight is 369 g/mol. The third-order valence-corrected chi connectivity index (χ3v) is 6.15. The summed E-state index contributed by atoms with van der Waals surface area (Å²) in [5.41, 5.74) is 0. The first-order valence-electron chi connectivity index (χ1n) is 10.7. The van der Waals surface area contributed by atoms with Gasteiger partial charge in [-0.1, -0.05) is 6.42 Å². The van der Waals surface area contributed by atoms with Gasteiger partial charge in [-0.05, 0) is 37.5 Å². The zero-order chi connectivity index (χ0) is 17.8. The van der Waals surface area contributed by atoms with E-state index >= 15 is 0 Å². The van der Waals surface area contributed by atoms with Gasteiger partial charge >= 0.3 is 0 Å². The Morgan fingerprint density at radius 1 is 0.731 bits per heavy atom. The second-order valence-corrected chi connectivity index (χ2v) is 8.82. The van der Waals surface area contributed by atoms with Gasteiger partial charge in [-0.25, -0.2) is 0 Å². The SMILES string of the molecule is OCCCN(CC1CCCC(CN(CC2CO2)CC2CO2)C1)CC1CO1. The van der Waals surface area contributed by atoms with E-state index in [2.05, 4.69) is 9.80 Å². The lowest BCUT2D eigenvalue weighted by atomic mass is 9.80. The molecule has 1 N–H and O–H groups in total. The van der Waals surface area contributed by atoms with Crippen molar-refractivity contribution in [3.05, 3.63) is 0 Å². The minimum absolute atomic E-state index is 0.288. The van der Waals surface area contributed by atoms with E-state index in [0.717, 1.165) is 64.3 Å². The Bertz CT molecular complexity index is 412. The zero-order valence-corrected chi connectivity index (χ0v) is 16.1. The summed E-state index contributed by atoms with van der Waals surface area (Å²) in [7, 11) is 0. The Balaban J connectivity index is 1.23. The van der Waals surface area contributed by atoms with Crippen LogP contribution in [0.15, 0.2) is 0 Å². The van der Waals surface area contributed by atoms with Crippen molar-refractivity contribution >= 4 is 0 Å². The second kappa shape index (κ2) is 9.30. The molecule has 26 heavy (non-hydrogen) atoms. The van der Waals surface area contributed by atoms with Crippen LogP contribution in [0.3, 0.4) is 0 Å². The van der Waals surface area contributed by atoms with Gasteiger partial charge in [-0.15, -0.1) is 0 Å². The van der Waals surface area contributed by atoms with Crippen LogP contribution in [0.25, 0.3) is 0 Å². The molecule has 5 atom stereocenters. The Kier molecular flexibility index (Phi) is 6.83. The summed E-state index contributed by atoms with van der Waals surface area (Å²) in [6, 6.07) is 0. The zero-order valence-electron chi connectivity index (χ0n) is 16.1. The second-order valence-electron chi connectivity index (χ2n) is 8.82. The third kappa shape index (κ3) is 6.73. The summed E-state index contributed by atoms with van der Waals surface area (Å²) in [6.45, 7) is 9.70. The molecule has 0 aromatic heterocycles. The smallest absolute Gasteiger partial charge is 0.0936 e. The van der Waals surface area contributed by atoms with E-state index in [0.29, 0.717) is 18.3 Å². The molecular formula is C20H36N2O4. The van der Waals surface area contributed by atoms with E-state index in [1.807, 2.05) is 0 Å². The predicted molar refractivity (Wildman–Crippen MR) is 99.3 cm³/mol. The largest absolute Gasteiger partial charge is 0.396 e. The van der Waals surface area contributed by atoms with Crippen molar-refractivity contribution in [3.8, 4) is 0 Å². The number of epoxide rings is 3. The number of hydrogen-bond donors (Lipinski definition) is 1. The summed E-state index contributed by atoms with van der Waals surface area (Å²) in [4.78, 5) is 5.14. The van der Waals surface area contributed by atoms with Crippen LogP contribution in [0.1, 0.15) is 32.1 Å². The Morgan fingerprint density at radius 3 is 1.73 bits per heavy atom. The molecule has 4 aliphatic rings. The Hall–Kier alpha value is -0.240. The van der Waals surface area contributed by atoms with Crippen LogP contribution < -0.4 is 0 Å². The lowest BCUT2D eigenvalue weighted by Gasteiger charge is -2.35. The van der Waals surface area contributed by atoms with Gasteiger partial charge < -0.3 is 24.2 Å². The lowest BCUT2D eigenvalue weighted by molar-refractivity contribution is 0.125. The normalized spacial score (nSPS) is 35.9. The highest BCUT2D eigenvalue weighted by Crippen LogP contribution is 2.31. The maximum atomic E-state index is 9.18. The molecule has 0 bridgehead atoms. The lowest BCUT2D eigenvalue weighted by Crippen LogP contribution is -2.39. The molecule has 6 heteroatoms. The fourth-order valence-corrected chi connectivity index (χ4v) is 4.62. The van der Waals surface area contributed by atoms with Crippen LogP contribution in [-0.4, -0.2) is 98.9 Å². The molecule has 5 unspecified atom stereocenters. The van der Waals surface area contributed by atoms with Crippen LogP contribution in [0, 0.1) is 11.8 Å². The molecular weight excluding hydrogens is 332 g/mol. The van der Waals surface area contributed by atoms with Gasteiger partial charge in [0.05, 0.1) is 38.1 Å². The van der Waals surface area contributed by atoms with Crippen molar-refractivity contribution < 1.29 is 19.3 Å². The molecule has 150 valence electrons. The summed E-state index contributed by atoms with van der Waals surface area (Å²) in [6.07, 6.45) is 7.69. The van der Waals surface area contributed by atoms with Crippen molar-refractivity contribution in [1.82, 2.24) is 9.80 Å². The molecule has 3 heterocycles. The molecule has 4 fully saturated rings. The minimum Gasteiger partial charge on any atom is -0.396 e. The first-order chi connectivity index (χ1) is 12.8. The van der Waals surface area contributed by atoms with Gasteiger partial charge in [0.15, 0.2) is 0 Å². The first kappa shape index (κ1) is 19.1. The number of nitrogens with zero attached hydrogens (tertiary/aromatic N) is 2. The van der Waals surface area contributed by atoms with Crippen molar-refractivity contribution in [2.45, 2.75) is 50.4 Å². The molecule has 3 aliphatic heterocycles. The molecule has 0 radical (unpaired) electrons. The molecule has 4 rings (SSSR count). The van der Waals surface area contributed by atoms with E-state index in [1.54, 1.807) is 0 Å². The maximum absolute atomic E-state index is 9.18. The molecule has 0 aromatic carbocycles. The van der Waals surface area contributed by atoms with Gasteiger partial charge in [0.1, 0.15) is 0 Å². The molecule has 1 aliphatic carbocycles. The number of aliphatic hydroxyl groups is 1. The number of aliphatic hydroxyl groups excluding tert-OH is 1. The van der Waals surface area contributed by atoms with Gasteiger partial charge in [0, 0.05) is 45.9 Å². The highest BCUT2D eigenvalue weighted by molar-refractivity contribution is 4.84. The monoisotopic (exact) mass is 368 g/mol. The number of hydrogen-bond acceptors (Lipinski definition) is 6.